The van der Waals surface area contributed by atoms with Crippen LogP contribution in [0.25, 0.3) is 0 Å². The zero-order valence-electron chi connectivity index (χ0n) is 10.4. The third kappa shape index (κ3) is 2.94. The molecule has 0 spiro atoms. The summed E-state index contributed by atoms with van der Waals surface area (Å²) in [6.45, 7) is 9.20. The number of hydrogen-bond acceptors (Lipinski definition) is 2. The standard InChI is InChI=1S/C12H24N2O/c1-8(2)11(13)12(15)14-7-9(3)5-6-10(14)4/h8-11H,5-7,13H2,1-4H3/t9?,10?,11-/m0/s1. The highest BCUT2D eigenvalue weighted by Crippen LogP contribution is 2.22. The second kappa shape index (κ2) is 4.97. The highest BCUT2D eigenvalue weighted by molar-refractivity contribution is 5.82. The molecule has 0 aliphatic carbocycles. The van der Waals surface area contributed by atoms with Gasteiger partial charge in [0.15, 0.2) is 0 Å². The summed E-state index contributed by atoms with van der Waals surface area (Å²) in [6.07, 6.45) is 2.33. The van der Waals surface area contributed by atoms with Crippen LogP contribution in [0.15, 0.2) is 0 Å². The fourth-order valence-corrected chi connectivity index (χ4v) is 2.07. The average Bonchev–Trinajstić information content (AvgIpc) is 2.19. The monoisotopic (exact) mass is 212 g/mol. The Kier molecular flexibility index (Phi) is 4.14. The summed E-state index contributed by atoms with van der Waals surface area (Å²) in [5.41, 5.74) is 5.91. The summed E-state index contributed by atoms with van der Waals surface area (Å²) in [4.78, 5) is 14.1. The summed E-state index contributed by atoms with van der Waals surface area (Å²) < 4.78 is 0. The average molecular weight is 212 g/mol. The van der Waals surface area contributed by atoms with Crippen LogP contribution in [0.3, 0.4) is 0 Å². The molecule has 2 unspecified atom stereocenters. The normalized spacial score (nSPS) is 29.3. The van der Waals surface area contributed by atoms with Gasteiger partial charge in [0.2, 0.25) is 5.91 Å². The third-order valence-corrected chi connectivity index (χ3v) is 3.40. The maximum atomic E-state index is 12.1. The van der Waals surface area contributed by atoms with Crippen molar-refractivity contribution in [1.29, 1.82) is 0 Å². The van der Waals surface area contributed by atoms with Gasteiger partial charge in [-0.2, -0.15) is 0 Å². The van der Waals surface area contributed by atoms with Crippen LogP contribution in [-0.2, 0) is 4.79 Å². The number of rotatable bonds is 2. The molecule has 3 atom stereocenters. The number of nitrogens with zero attached hydrogens (tertiary/aromatic N) is 1. The van der Waals surface area contributed by atoms with Crippen LogP contribution in [-0.4, -0.2) is 29.4 Å². The van der Waals surface area contributed by atoms with Crippen molar-refractivity contribution >= 4 is 5.91 Å². The van der Waals surface area contributed by atoms with Crippen molar-refractivity contribution in [3.8, 4) is 0 Å². The van der Waals surface area contributed by atoms with E-state index in [2.05, 4.69) is 13.8 Å². The molecule has 0 radical (unpaired) electrons. The lowest BCUT2D eigenvalue weighted by Crippen LogP contribution is -2.53. The van der Waals surface area contributed by atoms with Crippen LogP contribution >= 0.6 is 0 Å². The molecule has 3 heteroatoms. The lowest BCUT2D eigenvalue weighted by molar-refractivity contribution is -0.137. The minimum Gasteiger partial charge on any atom is -0.338 e. The molecule has 2 N–H and O–H groups in total. The number of amides is 1. The van der Waals surface area contributed by atoms with Crippen molar-refractivity contribution in [3.63, 3.8) is 0 Å². The van der Waals surface area contributed by atoms with E-state index in [1.807, 2.05) is 18.7 Å². The molecule has 1 amide bonds. The second-order valence-electron chi connectivity index (χ2n) is 5.29. The van der Waals surface area contributed by atoms with Crippen molar-refractivity contribution in [2.45, 2.75) is 52.6 Å². The van der Waals surface area contributed by atoms with Crippen LogP contribution in [0.4, 0.5) is 0 Å². The number of nitrogens with two attached hydrogens (primary N) is 1. The maximum absolute atomic E-state index is 12.1. The molecule has 1 fully saturated rings. The molecule has 1 aliphatic rings. The molecule has 0 aromatic carbocycles. The van der Waals surface area contributed by atoms with Gasteiger partial charge in [-0.15, -0.1) is 0 Å². The lowest BCUT2D eigenvalue weighted by atomic mass is 9.93. The van der Waals surface area contributed by atoms with Gasteiger partial charge in [0.25, 0.3) is 0 Å². The van der Waals surface area contributed by atoms with E-state index in [0.29, 0.717) is 12.0 Å². The first-order valence-corrected chi connectivity index (χ1v) is 5.99. The molecule has 1 heterocycles. The van der Waals surface area contributed by atoms with Crippen molar-refractivity contribution in [2.75, 3.05) is 6.54 Å². The minimum atomic E-state index is -0.335. The van der Waals surface area contributed by atoms with Crippen molar-refractivity contribution < 1.29 is 4.79 Å². The molecule has 1 saturated heterocycles. The van der Waals surface area contributed by atoms with E-state index < -0.39 is 0 Å². The lowest BCUT2D eigenvalue weighted by Gasteiger charge is -2.38. The largest absolute Gasteiger partial charge is 0.338 e. The fourth-order valence-electron chi connectivity index (χ4n) is 2.07. The zero-order chi connectivity index (χ0) is 11.6. The first-order chi connectivity index (χ1) is 6.93. The molecule has 1 aliphatic heterocycles. The van der Waals surface area contributed by atoms with Crippen molar-refractivity contribution in [3.05, 3.63) is 0 Å². The van der Waals surface area contributed by atoms with Gasteiger partial charge in [-0.05, 0) is 31.6 Å². The van der Waals surface area contributed by atoms with E-state index in [1.54, 1.807) is 0 Å². The van der Waals surface area contributed by atoms with Crippen LogP contribution in [0, 0.1) is 11.8 Å². The van der Waals surface area contributed by atoms with E-state index >= 15 is 0 Å². The van der Waals surface area contributed by atoms with Gasteiger partial charge in [-0.3, -0.25) is 4.79 Å². The number of hydrogen-bond donors (Lipinski definition) is 1. The molecule has 0 aromatic rings. The molecule has 15 heavy (non-hydrogen) atoms. The van der Waals surface area contributed by atoms with Gasteiger partial charge >= 0.3 is 0 Å². The quantitative estimate of drug-likeness (QED) is 0.756. The second-order valence-corrected chi connectivity index (χ2v) is 5.29. The van der Waals surface area contributed by atoms with Gasteiger partial charge in [0, 0.05) is 12.6 Å². The summed E-state index contributed by atoms with van der Waals surface area (Å²) in [6, 6.07) is 0.0243. The topological polar surface area (TPSA) is 46.3 Å². The number of carbonyl (C=O) groups is 1. The summed E-state index contributed by atoms with van der Waals surface area (Å²) >= 11 is 0. The maximum Gasteiger partial charge on any atom is 0.239 e. The van der Waals surface area contributed by atoms with E-state index in [-0.39, 0.29) is 17.9 Å². The predicted molar refractivity (Wildman–Crippen MR) is 62.4 cm³/mol. The van der Waals surface area contributed by atoms with E-state index in [0.717, 1.165) is 13.0 Å². The predicted octanol–water partition coefficient (Wildman–Crippen LogP) is 1.62. The highest BCUT2D eigenvalue weighted by atomic mass is 16.2. The third-order valence-electron chi connectivity index (χ3n) is 3.40. The summed E-state index contributed by atoms with van der Waals surface area (Å²) in [5.74, 6) is 0.968. The molecular formula is C12H24N2O. The molecule has 88 valence electrons. The molecule has 0 bridgehead atoms. The highest BCUT2D eigenvalue weighted by Gasteiger charge is 2.30. The van der Waals surface area contributed by atoms with Crippen LogP contribution in [0.2, 0.25) is 0 Å². The Morgan fingerprint density at radius 1 is 1.33 bits per heavy atom. The first-order valence-electron chi connectivity index (χ1n) is 5.99. The Hall–Kier alpha value is -0.570. The van der Waals surface area contributed by atoms with E-state index in [4.69, 9.17) is 5.73 Å². The molecule has 0 saturated carbocycles. The minimum absolute atomic E-state index is 0.129. The van der Waals surface area contributed by atoms with E-state index in [1.165, 1.54) is 6.42 Å². The Morgan fingerprint density at radius 2 is 1.93 bits per heavy atom. The summed E-state index contributed by atoms with van der Waals surface area (Å²) in [5, 5.41) is 0. The SMILES string of the molecule is CC1CCC(C)N(C(=O)[C@@H](N)C(C)C)C1. The fraction of sp³-hybridized carbons (Fsp3) is 0.917. The van der Waals surface area contributed by atoms with Gasteiger partial charge in [0.1, 0.15) is 0 Å². The van der Waals surface area contributed by atoms with Crippen molar-refractivity contribution in [2.24, 2.45) is 17.6 Å². The van der Waals surface area contributed by atoms with Crippen LogP contribution in [0.5, 0.6) is 0 Å². The Bertz CT molecular complexity index is 228. The number of piperidine rings is 1. The van der Waals surface area contributed by atoms with Gasteiger partial charge < -0.3 is 10.6 Å². The number of carbonyl (C=O) groups excluding carboxylic acids is 1. The Morgan fingerprint density at radius 3 is 2.47 bits per heavy atom. The van der Waals surface area contributed by atoms with Gasteiger partial charge in [-0.1, -0.05) is 20.8 Å². The molecular weight excluding hydrogens is 188 g/mol. The van der Waals surface area contributed by atoms with Crippen LogP contribution < -0.4 is 5.73 Å². The van der Waals surface area contributed by atoms with Gasteiger partial charge in [-0.25, -0.2) is 0 Å². The smallest absolute Gasteiger partial charge is 0.239 e. The van der Waals surface area contributed by atoms with E-state index in [9.17, 15) is 4.79 Å². The van der Waals surface area contributed by atoms with Crippen molar-refractivity contribution in [1.82, 2.24) is 4.90 Å². The number of likely N-dealkylation sites (tertiary alicyclic amines) is 1. The van der Waals surface area contributed by atoms with Gasteiger partial charge in [0.05, 0.1) is 6.04 Å². The Labute approximate surface area is 93.0 Å². The Balaban J connectivity index is 2.64. The molecule has 0 aromatic heterocycles. The first kappa shape index (κ1) is 12.5. The zero-order valence-corrected chi connectivity index (χ0v) is 10.4. The van der Waals surface area contributed by atoms with Crippen LogP contribution in [0.1, 0.15) is 40.5 Å². The molecule has 3 nitrogen and oxygen atoms in total. The summed E-state index contributed by atoms with van der Waals surface area (Å²) in [7, 11) is 0. The molecule has 1 rings (SSSR count).